The number of rotatable bonds is 2. The molecule has 2 aromatic rings. The van der Waals surface area contributed by atoms with Crippen LogP contribution in [0, 0.1) is 0 Å². The van der Waals surface area contributed by atoms with Gasteiger partial charge in [-0.15, -0.1) is 0 Å². The lowest BCUT2D eigenvalue weighted by Crippen LogP contribution is -2.26. The first-order chi connectivity index (χ1) is 9.70. The average molecular weight is 298 g/mol. The Morgan fingerprint density at radius 3 is 2.52 bits per heavy atom. The molecule has 8 heteroatoms. The quantitative estimate of drug-likeness (QED) is 0.922. The number of carbonyl (C=O) groups is 1. The highest BCUT2D eigenvalue weighted by molar-refractivity contribution is 5.88. The zero-order chi connectivity index (χ0) is 15.8. The van der Waals surface area contributed by atoms with E-state index in [1.165, 1.54) is 19.2 Å². The molecule has 0 saturated heterocycles. The van der Waals surface area contributed by atoms with Gasteiger partial charge in [0.1, 0.15) is 5.56 Å². The van der Waals surface area contributed by atoms with Crippen LogP contribution >= 0.6 is 0 Å². The van der Waals surface area contributed by atoms with Crippen molar-refractivity contribution in [2.75, 3.05) is 0 Å². The summed E-state index contributed by atoms with van der Waals surface area (Å²) < 4.78 is 38.8. The Morgan fingerprint density at radius 2 is 1.95 bits per heavy atom. The smallest absolute Gasteiger partial charge is 0.416 e. The maximum Gasteiger partial charge on any atom is 0.416 e. The van der Waals surface area contributed by atoms with Crippen LogP contribution in [0.5, 0.6) is 0 Å². The molecule has 2 rings (SSSR count). The molecule has 0 bridgehead atoms. The molecule has 0 fully saturated rings. The minimum Gasteiger partial charge on any atom is -0.477 e. The second-order valence-corrected chi connectivity index (χ2v) is 4.26. The number of halogens is 3. The van der Waals surface area contributed by atoms with Crippen LogP contribution in [-0.4, -0.2) is 20.9 Å². The fourth-order valence-corrected chi connectivity index (χ4v) is 1.76. The fraction of sp³-hybridized carbons (Fsp3) is 0.154. The van der Waals surface area contributed by atoms with E-state index in [0.29, 0.717) is 0 Å². The lowest BCUT2D eigenvalue weighted by molar-refractivity contribution is -0.137. The Bertz CT molecular complexity index is 766. The van der Waals surface area contributed by atoms with Gasteiger partial charge < -0.3 is 5.11 Å². The molecule has 0 radical (unpaired) electrons. The van der Waals surface area contributed by atoms with Crippen molar-refractivity contribution in [3.63, 3.8) is 0 Å². The molecule has 0 aliphatic heterocycles. The van der Waals surface area contributed by atoms with E-state index in [-0.39, 0.29) is 11.3 Å². The summed E-state index contributed by atoms with van der Waals surface area (Å²) in [5.74, 6) is -1.47. The molecule has 1 heterocycles. The number of nitrogens with zero attached hydrogens (tertiary/aromatic N) is 2. The van der Waals surface area contributed by atoms with Crippen LogP contribution in [0.4, 0.5) is 13.2 Å². The molecule has 0 saturated carbocycles. The molecule has 1 aromatic carbocycles. The second kappa shape index (κ2) is 5.04. The Balaban J connectivity index is 2.63. The van der Waals surface area contributed by atoms with Crippen LogP contribution in [0.2, 0.25) is 0 Å². The van der Waals surface area contributed by atoms with E-state index in [0.717, 1.165) is 22.9 Å². The van der Waals surface area contributed by atoms with Gasteiger partial charge in [0.2, 0.25) is 0 Å². The maximum atomic E-state index is 12.7. The van der Waals surface area contributed by atoms with Crippen molar-refractivity contribution in [1.82, 2.24) is 9.78 Å². The molecule has 0 atom stereocenters. The number of aromatic nitrogens is 2. The summed E-state index contributed by atoms with van der Waals surface area (Å²) in [6, 6.07) is 5.24. The van der Waals surface area contributed by atoms with Gasteiger partial charge in [0, 0.05) is 12.6 Å². The van der Waals surface area contributed by atoms with Crippen LogP contribution in [0.25, 0.3) is 11.3 Å². The summed E-state index contributed by atoms with van der Waals surface area (Å²) in [7, 11) is 1.23. The number of carboxylic acids is 1. The van der Waals surface area contributed by atoms with Crippen LogP contribution in [0.15, 0.2) is 35.1 Å². The third-order valence-electron chi connectivity index (χ3n) is 2.78. The standard InChI is InChI=1S/C13H9F3N2O3/c1-18-11(19)9(12(20)21)6-10(17-18)7-3-2-4-8(5-7)13(14,15)16/h2-6H,1H3,(H,20,21). The van der Waals surface area contributed by atoms with E-state index in [2.05, 4.69) is 5.10 Å². The molecule has 5 nitrogen and oxygen atoms in total. The molecule has 21 heavy (non-hydrogen) atoms. The molecule has 0 unspecified atom stereocenters. The normalized spacial score (nSPS) is 11.4. The van der Waals surface area contributed by atoms with Gasteiger partial charge in [-0.2, -0.15) is 18.3 Å². The van der Waals surface area contributed by atoms with Gasteiger partial charge in [-0.3, -0.25) is 4.79 Å². The van der Waals surface area contributed by atoms with Crippen molar-refractivity contribution in [3.05, 3.63) is 51.8 Å². The van der Waals surface area contributed by atoms with Gasteiger partial charge in [0.05, 0.1) is 11.3 Å². The molecule has 0 aliphatic rings. The summed E-state index contributed by atoms with van der Waals surface area (Å²) in [4.78, 5) is 22.5. The third kappa shape index (κ3) is 2.93. The van der Waals surface area contributed by atoms with Crippen molar-refractivity contribution in [1.29, 1.82) is 0 Å². The zero-order valence-electron chi connectivity index (χ0n) is 10.7. The number of hydrogen-bond donors (Lipinski definition) is 1. The molecule has 0 amide bonds. The lowest BCUT2D eigenvalue weighted by atomic mass is 10.1. The predicted octanol–water partition coefficient (Wildman–Crippen LogP) is 2.16. The summed E-state index contributed by atoms with van der Waals surface area (Å²) in [5.41, 5.74) is -2.23. The van der Waals surface area contributed by atoms with E-state index in [4.69, 9.17) is 5.11 Å². The molecule has 0 spiro atoms. The largest absolute Gasteiger partial charge is 0.477 e. The van der Waals surface area contributed by atoms with Crippen molar-refractivity contribution >= 4 is 5.97 Å². The Labute approximate surface area is 116 Å². The number of aromatic carboxylic acids is 1. The van der Waals surface area contributed by atoms with Gasteiger partial charge in [-0.05, 0) is 18.2 Å². The fourth-order valence-electron chi connectivity index (χ4n) is 1.76. The van der Waals surface area contributed by atoms with Gasteiger partial charge in [0.25, 0.3) is 5.56 Å². The topological polar surface area (TPSA) is 72.2 Å². The van der Waals surface area contributed by atoms with E-state index < -0.39 is 28.8 Å². The monoisotopic (exact) mass is 298 g/mol. The minimum absolute atomic E-state index is 0.0272. The minimum atomic E-state index is -4.52. The number of aryl methyl sites for hydroxylation is 1. The van der Waals surface area contributed by atoms with Gasteiger partial charge >= 0.3 is 12.1 Å². The highest BCUT2D eigenvalue weighted by atomic mass is 19.4. The molecule has 110 valence electrons. The van der Waals surface area contributed by atoms with Crippen LogP contribution in [-0.2, 0) is 13.2 Å². The van der Waals surface area contributed by atoms with E-state index in [9.17, 15) is 22.8 Å². The average Bonchev–Trinajstić information content (AvgIpc) is 2.40. The number of carboxylic acid groups (broad SMARTS) is 1. The Morgan fingerprint density at radius 1 is 1.29 bits per heavy atom. The molecule has 1 aromatic heterocycles. The Kier molecular flexibility index (Phi) is 3.54. The van der Waals surface area contributed by atoms with Crippen molar-refractivity contribution in [3.8, 4) is 11.3 Å². The maximum absolute atomic E-state index is 12.7. The number of hydrogen-bond acceptors (Lipinski definition) is 3. The first kappa shape index (κ1) is 14.8. The summed E-state index contributed by atoms with van der Waals surface area (Å²) in [6.45, 7) is 0. The summed E-state index contributed by atoms with van der Waals surface area (Å²) >= 11 is 0. The van der Waals surface area contributed by atoms with E-state index >= 15 is 0 Å². The number of benzene rings is 1. The molecule has 1 N–H and O–H groups in total. The summed E-state index contributed by atoms with van der Waals surface area (Å²) in [5, 5.41) is 12.7. The van der Waals surface area contributed by atoms with Gasteiger partial charge in [-0.25, -0.2) is 9.48 Å². The first-order valence-corrected chi connectivity index (χ1v) is 5.69. The predicted molar refractivity (Wildman–Crippen MR) is 66.9 cm³/mol. The van der Waals surface area contributed by atoms with Gasteiger partial charge in [0.15, 0.2) is 0 Å². The number of alkyl halides is 3. The Hall–Kier alpha value is -2.64. The zero-order valence-corrected chi connectivity index (χ0v) is 10.7. The van der Waals surface area contributed by atoms with Crippen LogP contribution < -0.4 is 5.56 Å². The molecule has 0 aliphatic carbocycles. The van der Waals surface area contributed by atoms with E-state index in [1.54, 1.807) is 0 Å². The first-order valence-electron chi connectivity index (χ1n) is 5.69. The lowest BCUT2D eigenvalue weighted by Gasteiger charge is -2.09. The van der Waals surface area contributed by atoms with Crippen molar-refractivity contribution < 1.29 is 23.1 Å². The highest BCUT2D eigenvalue weighted by Crippen LogP contribution is 2.31. The highest BCUT2D eigenvalue weighted by Gasteiger charge is 2.30. The molecular formula is C13H9F3N2O3. The van der Waals surface area contributed by atoms with Gasteiger partial charge in [-0.1, -0.05) is 12.1 Å². The van der Waals surface area contributed by atoms with Crippen LogP contribution in [0.3, 0.4) is 0 Å². The van der Waals surface area contributed by atoms with Crippen molar-refractivity contribution in [2.24, 2.45) is 7.05 Å². The van der Waals surface area contributed by atoms with E-state index in [1.807, 2.05) is 0 Å². The third-order valence-corrected chi connectivity index (χ3v) is 2.78. The van der Waals surface area contributed by atoms with Crippen LogP contribution in [0.1, 0.15) is 15.9 Å². The SMILES string of the molecule is Cn1nc(-c2cccc(C(F)(F)F)c2)cc(C(=O)O)c1=O. The van der Waals surface area contributed by atoms with Crippen molar-refractivity contribution in [2.45, 2.75) is 6.18 Å². The summed E-state index contributed by atoms with van der Waals surface area (Å²) in [6.07, 6.45) is -4.52. The second-order valence-electron chi connectivity index (χ2n) is 4.26. The molecular weight excluding hydrogens is 289 g/mol.